The molecule has 0 unspecified atom stereocenters. The highest BCUT2D eigenvalue weighted by molar-refractivity contribution is 7.20. The van der Waals surface area contributed by atoms with Crippen molar-refractivity contribution in [2.45, 2.75) is 125 Å². The minimum absolute atomic E-state index is 0. The number of aromatic nitrogens is 8. The van der Waals surface area contributed by atoms with Gasteiger partial charge in [0.25, 0.3) is 0 Å². The van der Waals surface area contributed by atoms with Crippen LogP contribution in [-0.4, -0.2) is 39.1 Å². The van der Waals surface area contributed by atoms with Crippen LogP contribution in [0.1, 0.15) is 91.8 Å². The molecule has 8 aromatic heterocycles. The van der Waals surface area contributed by atoms with Crippen LogP contribution >= 0.6 is 70.2 Å². The third-order valence-electron chi connectivity index (χ3n) is 7.58. The molecule has 4 N–H and O–H groups in total. The lowest BCUT2D eigenvalue weighted by molar-refractivity contribution is 0.668. The van der Waals surface area contributed by atoms with E-state index in [-0.39, 0.29) is 69.4 Å². The monoisotopic (exact) mass is 944 g/mol. The number of hydrogen-bond donors (Lipinski definition) is 2. The summed E-state index contributed by atoms with van der Waals surface area (Å²) in [5, 5.41) is 24.2. The van der Waals surface area contributed by atoms with Crippen LogP contribution in [0.4, 0.5) is 0 Å². The number of rotatable bonds is 10. The number of azide groups is 2. The molecule has 0 saturated carbocycles. The molecule has 0 bridgehead atoms. The molecule has 22 heteroatoms. The molecule has 16 nitrogen and oxygen atoms in total. The van der Waals surface area contributed by atoms with Gasteiger partial charge in [0.15, 0.2) is 0 Å². The van der Waals surface area contributed by atoms with Crippen LogP contribution < -0.4 is 11.5 Å². The molecule has 60 heavy (non-hydrogen) atoms. The van der Waals surface area contributed by atoms with Gasteiger partial charge >= 0.3 is 0 Å². The van der Waals surface area contributed by atoms with Crippen molar-refractivity contribution in [1.82, 2.24) is 39.1 Å². The summed E-state index contributed by atoms with van der Waals surface area (Å²) in [4.78, 5) is 10.0. The first-order valence-corrected chi connectivity index (χ1v) is 19.8. The minimum Gasteiger partial charge on any atom is -0.326 e. The molecular formula is C38H66Cl2N16S4. The van der Waals surface area contributed by atoms with E-state index in [1.54, 1.807) is 45.3 Å². The third-order valence-corrected chi connectivity index (χ3v) is 11.8. The highest BCUT2D eigenvalue weighted by Crippen LogP contribution is 2.27. The highest BCUT2D eigenvalue weighted by atomic mass is 35.5. The van der Waals surface area contributed by atoms with E-state index in [4.69, 9.17) is 22.5 Å². The second kappa shape index (κ2) is 30.8. The van der Waals surface area contributed by atoms with E-state index in [0.717, 1.165) is 61.9 Å². The number of aryl methyl sites for hydroxylation is 4. The van der Waals surface area contributed by atoms with Gasteiger partial charge in [-0.25, -0.2) is 0 Å². The van der Waals surface area contributed by atoms with Crippen molar-refractivity contribution < 1.29 is 0 Å². The maximum Gasteiger partial charge on any atom is 0.103 e. The Kier molecular flexibility index (Phi) is 32.0. The van der Waals surface area contributed by atoms with Crippen molar-refractivity contribution in [3.05, 3.63) is 89.4 Å². The van der Waals surface area contributed by atoms with Crippen LogP contribution in [0.2, 0.25) is 0 Å². The average Bonchev–Trinajstić information content (AvgIpc) is 4.01. The van der Waals surface area contributed by atoms with Gasteiger partial charge in [-0.1, -0.05) is 54.8 Å². The Bertz CT molecular complexity index is 2350. The number of fused-ring (bicyclic) bond motifs is 4. The first-order chi connectivity index (χ1) is 25.4. The lowest BCUT2D eigenvalue weighted by Crippen LogP contribution is -1.95. The quantitative estimate of drug-likeness (QED) is 0.0770. The molecule has 8 heterocycles. The van der Waals surface area contributed by atoms with E-state index < -0.39 is 0 Å². The van der Waals surface area contributed by atoms with Crippen LogP contribution in [0.5, 0.6) is 0 Å². The predicted octanol–water partition coefficient (Wildman–Crippen LogP) is 13.7. The molecule has 0 aliphatic heterocycles. The van der Waals surface area contributed by atoms with E-state index in [2.05, 4.69) is 86.5 Å². The van der Waals surface area contributed by atoms with Gasteiger partial charge in [0.1, 0.15) is 11.0 Å². The standard InChI is InChI=1S/2C8H9N5S.2C8H11N3S.6CH4.2ClH/c1-2-13-5-8-7(11-13)3-6(14-8)4-10-12-9;1-2-13-7-3-6(4-10-12-9)14-8(7)5-11-13;1-2-11-5-8-7(10-11)3-6(4-9)12-8;1-2-11-7-3-6(4-9)12-8(7)5-10-11;;;;;;;;/h2*3,5H,2,4H2,1H3;2*3,5H,2,4,9H2,1H3;6*1H4;2*1H. The van der Waals surface area contributed by atoms with E-state index >= 15 is 0 Å². The largest absolute Gasteiger partial charge is 0.326 e. The molecule has 0 amide bonds. The number of halogens is 2. The molecule has 8 aromatic rings. The normalized spacial score (nSPS) is 9.30. The molecule has 336 valence electrons. The number of hydrogen-bond acceptors (Lipinski definition) is 12. The number of nitrogens with two attached hydrogens (primary N) is 2. The second-order valence-electron chi connectivity index (χ2n) is 10.9. The van der Waals surface area contributed by atoms with Gasteiger partial charge in [0, 0.05) is 81.0 Å². The summed E-state index contributed by atoms with van der Waals surface area (Å²) in [5.41, 5.74) is 31.8. The molecule has 0 saturated heterocycles. The fourth-order valence-corrected chi connectivity index (χ4v) is 8.80. The Labute approximate surface area is 383 Å². The van der Waals surface area contributed by atoms with Crippen molar-refractivity contribution in [3.8, 4) is 0 Å². The van der Waals surface area contributed by atoms with Crippen molar-refractivity contribution in [3.63, 3.8) is 0 Å². The molecular weight excluding hydrogens is 880 g/mol. The van der Waals surface area contributed by atoms with Gasteiger partial charge in [-0.3, -0.25) is 18.7 Å². The van der Waals surface area contributed by atoms with Gasteiger partial charge in [-0.05, 0) is 63.0 Å². The highest BCUT2D eigenvalue weighted by Gasteiger charge is 2.08. The minimum atomic E-state index is 0. The van der Waals surface area contributed by atoms with E-state index in [1.165, 1.54) is 24.7 Å². The Morgan fingerprint density at radius 3 is 1.28 bits per heavy atom. The summed E-state index contributed by atoms with van der Waals surface area (Å²) in [6.07, 6.45) is 7.84. The average molecular weight is 946 g/mol. The molecule has 0 aliphatic rings. The third kappa shape index (κ3) is 15.7. The second-order valence-corrected chi connectivity index (χ2v) is 15.6. The van der Waals surface area contributed by atoms with Crippen molar-refractivity contribution in [2.24, 2.45) is 21.7 Å². The Hall–Kier alpha value is -4.20. The van der Waals surface area contributed by atoms with E-state index in [1.807, 2.05) is 49.5 Å². The van der Waals surface area contributed by atoms with Crippen molar-refractivity contribution in [1.29, 1.82) is 0 Å². The Morgan fingerprint density at radius 1 is 0.550 bits per heavy atom. The fourth-order valence-electron chi connectivity index (χ4n) is 5.08. The van der Waals surface area contributed by atoms with E-state index in [0.29, 0.717) is 26.2 Å². The van der Waals surface area contributed by atoms with Crippen LogP contribution in [0, 0.1) is 0 Å². The summed E-state index contributed by atoms with van der Waals surface area (Å²) in [7, 11) is 0. The Morgan fingerprint density at radius 2 is 0.900 bits per heavy atom. The van der Waals surface area contributed by atoms with Crippen LogP contribution in [0.25, 0.3) is 61.8 Å². The van der Waals surface area contributed by atoms with Crippen LogP contribution in [0.15, 0.2) is 59.3 Å². The van der Waals surface area contributed by atoms with Gasteiger partial charge in [-0.2, -0.15) is 20.4 Å². The zero-order valence-electron chi connectivity index (χ0n) is 30.1. The zero-order chi connectivity index (χ0) is 37.0. The summed E-state index contributed by atoms with van der Waals surface area (Å²) < 4.78 is 12.5. The zero-order valence-corrected chi connectivity index (χ0v) is 35.0. The summed E-state index contributed by atoms with van der Waals surface area (Å²) in [5.74, 6) is 0. The SMILES string of the molecule is C.C.C.C.C.C.CCn1cc2sc(CN)cc2n1.CCn1cc2sc(CN=[N+]=[N-])cc2n1.CCn1ncc2sc(CN)cc21.CCn1ncc2sc(CN=[N+]=[N-])cc21.Cl.Cl. The summed E-state index contributed by atoms with van der Waals surface area (Å²) in [6.45, 7) is 14.0. The lowest BCUT2D eigenvalue weighted by Gasteiger charge is -1.93. The van der Waals surface area contributed by atoms with E-state index in [9.17, 15) is 0 Å². The molecule has 8 rings (SSSR count). The molecule has 0 atom stereocenters. The molecule has 0 aromatic carbocycles. The van der Waals surface area contributed by atoms with Gasteiger partial charge in [0.2, 0.25) is 0 Å². The van der Waals surface area contributed by atoms with Gasteiger partial charge in [0.05, 0.1) is 55.3 Å². The lowest BCUT2D eigenvalue weighted by atomic mass is 10.4. The fraction of sp³-hybridized carbons (Fsp3) is 0.474. The molecule has 0 radical (unpaired) electrons. The smallest absolute Gasteiger partial charge is 0.103 e. The van der Waals surface area contributed by atoms with Crippen LogP contribution in [-0.2, 0) is 52.4 Å². The number of thiophene rings is 4. The predicted molar refractivity (Wildman–Crippen MR) is 270 cm³/mol. The number of nitrogens with zero attached hydrogens (tertiary/aromatic N) is 14. The molecule has 0 spiro atoms. The topological polar surface area (TPSA) is 221 Å². The van der Waals surface area contributed by atoms with Crippen molar-refractivity contribution in [2.75, 3.05) is 0 Å². The first kappa shape index (κ1) is 62.5. The first-order valence-electron chi connectivity index (χ1n) is 16.6. The summed E-state index contributed by atoms with van der Waals surface area (Å²) in [6, 6.07) is 8.19. The van der Waals surface area contributed by atoms with Crippen molar-refractivity contribution >= 4 is 111 Å². The van der Waals surface area contributed by atoms with Gasteiger partial charge in [-0.15, -0.1) is 70.2 Å². The molecule has 0 aliphatic carbocycles. The van der Waals surface area contributed by atoms with Crippen LogP contribution in [0.3, 0.4) is 0 Å². The molecule has 0 fully saturated rings. The summed E-state index contributed by atoms with van der Waals surface area (Å²) >= 11 is 6.70. The maximum atomic E-state index is 8.20. The van der Waals surface area contributed by atoms with Gasteiger partial charge < -0.3 is 11.5 Å². The maximum absolute atomic E-state index is 8.20. The Balaban J connectivity index is -0.000000334.